The molecular weight excluding hydrogens is 336 g/mol. The molecule has 134 valence electrons. The van der Waals surface area contributed by atoms with Gasteiger partial charge in [-0.15, -0.1) is 0 Å². The maximum Gasteiger partial charge on any atom is 0.282 e. The zero-order valence-corrected chi connectivity index (χ0v) is 14.6. The molecule has 1 aliphatic heterocycles. The van der Waals surface area contributed by atoms with Crippen molar-refractivity contribution >= 4 is 23.6 Å². The number of rotatable bonds is 5. The predicted octanol–water partition coefficient (Wildman–Crippen LogP) is 2.17. The first-order valence-corrected chi connectivity index (χ1v) is 7.81. The van der Waals surface area contributed by atoms with Gasteiger partial charge in [-0.2, -0.15) is 0 Å². The number of ether oxygens (including phenoxy) is 3. The van der Waals surface area contributed by atoms with Crippen molar-refractivity contribution in [3.8, 4) is 17.2 Å². The van der Waals surface area contributed by atoms with Gasteiger partial charge < -0.3 is 14.2 Å². The lowest BCUT2D eigenvalue weighted by molar-refractivity contribution is -0.117. The van der Waals surface area contributed by atoms with Crippen molar-refractivity contribution in [3.63, 3.8) is 0 Å². The van der Waals surface area contributed by atoms with E-state index in [1.54, 1.807) is 36.4 Å². The van der Waals surface area contributed by atoms with Gasteiger partial charge in [-0.3, -0.25) is 15.0 Å². The summed E-state index contributed by atoms with van der Waals surface area (Å²) in [4.78, 5) is 25.0. The number of methoxy groups -OCH3 is 3. The highest BCUT2D eigenvalue weighted by molar-refractivity contribution is 6.31. The molecule has 1 aliphatic rings. The second-order valence-electron chi connectivity index (χ2n) is 5.40. The van der Waals surface area contributed by atoms with Crippen LogP contribution < -0.4 is 24.6 Å². The number of nitrogens with zero attached hydrogens (tertiary/aromatic N) is 1. The highest BCUT2D eigenvalue weighted by atomic mass is 16.5. The van der Waals surface area contributed by atoms with Gasteiger partial charge in [0.05, 0.1) is 27.0 Å². The molecule has 0 spiro atoms. The lowest BCUT2D eigenvalue weighted by Crippen LogP contribution is -2.35. The van der Waals surface area contributed by atoms with Crippen molar-refractivity contribution in [1.29, 1.82) is 0 Å². The van der Waals surface area contributed by atoms with E-state index in [2.05, 4.69) is 5.43 Å². The number of amides is 2. The molecule has 0 bridgehead atoms. The Kier molecular flexibility index (Phi) is 4.79. The summed E-state index contributed by atoms with van der Waals surface area (Å²) in [6.45, 7) is 0. The minimum absolute atomic E-state index is 0.000581. The van der Waals surface area contributed by atoms with Crippen LogP contribution in [0.5, 0.6) is 17.2 Å². The molecule has 1 saturated heterocycles. The van der Waals surface area contributed by atoms with Gasteiger partial charge in [0, 0.05) is 5.56 Å². The number of para-hydroxylation sites is 1. The quantitative estimate of drug-likeness (QED) is 0.658. The summed E-state index contributed by atoms with van der Waals surface area (Å²) in [5, 5.41) is 1.21. The smallest absolute Gasteiger partial charge is 0.282 e. The van der Waals surface area contributed by atoms with Crippen molar-refractivity contribution in [2.24, 2.45) is 0 Å². The van der Waals surface area contributed by atoms with E-state index < -0.39 is 11.8 Å². The molecule has 7 nitrogen and oxygen atoms in total. The zero-order valence-electron chi connectivity index (χ0n) is 14.6. The van der Waals surface area contributed by atoms with Crippen LogP contribution >= 0.6 is 0 Å². The summed E-state index contributed by atoms with van der Waals surface area (Å²) in [7, 11) is 4.48. The van der Waals surface area contributed by atoms with E-state index in [1.807, 2.05) is 6.07 Å². The first-order valence-electron chi connectivity index (χ1n) is 7.81. The minimum Gasteiger partial charge on any atom is -0.493 e. The Bertz CT molecular complexity index is 877. The molecule has 2 aromatic carbocycles. The van der Waals surface area contributed by atoms with Crippen LogP contribution in [0.3, 0.4) is 0 Å². The number of carbonyl (C=O) groups is 2. The van der Waals surface area contributed by atoms with Gasteiger partial charge in [-0.1, -0.05) is 18.2 Å². The Labute approximate surface area is 150 Å². The molecule has 0 aliphatic carbocycles. The van der Waals surface area contributed by atoms with Gasteiger partial charge in [0.1, 0.15) is 5.57 Å². The Morgan fingerprint density at radius 3 is 2.19 bits per heavy atom. The van der Waals surface area contributed by atoms with E-state index in [0.29, 0.717) is 28.5 Å². The van der Waals surface area contributed by atoms with Crippen molar-refractivity contribution < 1.29 is 23.8 Å². The molecule has 0 atom stereocenters. The van der Waals surface area contributed by atoms with Gasteiger partial charge in [0.15, 0.2) is 11.5 Å². The summed E-state index contributed by atoms with van der Waals surface area (Å²) < 4.78 is 16.0. The monoisotopic (exact) mass is 354 g/mol. The third-order valence-corrected chi connectivity index (χ3v) is 3.94. The zero-order chi connectivity index (χ0) is 18.7. The van der Waals surface area contributed by atoms with E-state index in [-0.39, 0.29) is 5.57 Å². The Hall–Kier alpha value is -3.48. The average molecular weight is 354 g/mol. The summed E-state index contributed by atoms with van der Waals surface area (Å²) >= 11 is 0. The first kappa shape index (κ1) is 17.3. The summed E-state index contributed by atoms with van der Waals surface area (Å²) in [5.41, 5.74) is 3.66. The third-order valence-electron chi connectivity index (χ3n) is 3.94. The van der Waals surface area contributed by atoms with Gasteiger partial charge in [0.2, 0.25) is 5.75 Å². The van der Waals surface area contributed by atoms with Crippen LogP contribution in [-0.2, 0) is 9.59 Å². The predicted molar refractivity (Wildman–Crippen MR) is 96.1 cm³/mol. The fourth-order valence-corrected chi connectivity index (χ4v) is 2.71. The van der Waals surface area contributed by atoms with E-state index in [9.17, 15) is 9.59 Å². The molecule has 2 aromatic rings. The lowest BCUT2D eigenvalue weighted by atomic mass is 10.1. The normalized spacial score (nSPS) is 15.2. The van der Waals surface area contributed by atoms with Crippen LogP contribution in [0.15, 0.2) is 48.0 Å². The molecule has 0 radical (unpaired) electrons. The van der Waals surface area contributed by atoms with Crippen LogP contribution in [-0.4, -0.2) is 33.1 Å². The number of hydrazine groups is 1. The van der Waals surface area contributed by atoms with Crippen LogP contribution in [0.1, 0.15) is 5.56 Å². The molecule has 0 aromatic heterocycles. The Morgan fingerprint density at radius 2 is 1.58 bits per heavy atom. The summed E-state index contributed by atoms with van der Waals surface area (Å²) in [6, 6.07) is 12.2. The standard InChI is InChI=1S/C19H18N2O5/c1-24-15-10-9-12(16(25-2)17(15)26-3)11-14-18(22)20-21(19(14)23)13-7-5-4-6-8-13/h4-11H,1-3H3,(H,20,22)/b14-11-. The second kappa shape index (κ2) is 7.18. The number of carbonyl (C=O) groups excluding carboxylic acids is 2. The largest absolute Gasteiger partial charge is 0.493 e. The molecule has 1 heterocycles. The topological polar surface area (TPSA) is 77.1 Å². The molecule has 1 fully saturated rings. The first-order chi connectivity index (χ1) is 12.6. The van der Waals surface area contributed by atoms with Gasteiger partial charge in [-0.25, -0.2) is 5.01 Å². The lowest BCUT2D eigenvalue weighted by Gasteiger charge is -2.14. The molecular formula is C19H18N2O5. The van der Waals surface area contributed by atoms with Crippen LogP contribution in [0.4, 0.5) is 5.69 Å². The SMILES string of the molecule is COc1ccc(/C=C2/C(=O)NN(c3ccccc3)C2=O)c(OC)c1OC. The van der Waals surface area contributed by atoms with E-state index in [0.717, 1.165) is 0 Å². The van der Waals surface area contributed by atoms with E-state index in [1.165, 1.54) is 32.4 Å². The highest BCUT2D eigenvalue weighted by Gasteiger charge is 2.34. The average Bonchev–Trinajstić information content (AvgIpc) is 2.96. The van der Waals surface area contributed by atoms with E-state index in [4.69, 9.17) is 14.2 Å². The number of nitrogens with one attached hydrogen (secondary N) is 1. The number of benzene rings is 2. The molecule has 0 unspecified atom stereocenters. The van der Waals surface area contributed by atoms with Gasteiger partial charge in [0.25, 0.3) is 11.8 Å². The Balaban J connectivity index is 2.03. The molecule has 3 rings (SSSR count). The fourth-order valence-electron chi connectivity index (χ4n) is 2.71. The number of hydrogen-bond acceptors (Lipinski definition) is 5. The van der Waals surface area contributed by atoms with Crippen LogP contribution in [0.2, 0.25) is 0 Å². The molecule has 7 heteroatoms. The molecule has 1 N–H and O–H groups in total. The second-order valence-corrected chi connectivity index (χ2v) is 5.40. The van der Waals surface area contributed by atoms with Crippen molar-refractivity contribution in [2.45, 2.75) is 0 Å². The summed E-state index contributed by atoms with van der Waals surface area (Å²) in [5.74, 6) is 0.307. The van der Waals surface area contributed by atoms with Crippen LogP contribution in [0.25, 0.3) is 6.08 Å². The minimum atomic E-state index is -0.490. The number of hydrogen-bond donors (Lipinski definition) is 1. The molecule has 26 heavy (non-hydrogen) atoms. The van der Waals surface area contributed by atoms with Crippen molar-refractivity contribution in [1.82, 2.24) is 5.43 Å². The van der Waals surface area contributed by atoms with Crippen molar-refractivity contribution in [3.05, 3.63) is 53.6 Å². The maximum atomic E-state index is 12.7. The van der Waals surface area contributed by atoms with E-state index >= 15 is 0 Å². The van der Waals surface area contributed by atoms with Crippen LogP contribution in [0, 0.1) is 0 Å². The fraction of sp³-hybridized carbons (Fsp3) is 0.158. The van der Waals surface area contributed by atoms with Gasteiger partial charge in [-0.05, 0) is 30.3 Å². The molecule has 2 amide bonds. The Morgan fingerprint density at radius 1 is 0.885 bits per heavy atom. The number of anilines is 1. The van der Waals surface area contributed by atoms with Gasteiger partial charge >= 0.3 is 0 Å². The van der Waals surface area contributed by atoms with Crippen molar-refractivity contribution in [2.75, 3.05) is 26.3 Å². The highest BCUT2D eigenvalue weighted by Crippen LogP contribution is 2.40. The molecule has 0 saturated carbocycles. The maximum absolute atomic E-state index is 12.7. The third kappa shape index (κ3) is 2.95. The summed E-state index contributed by atoms with van der Waals surface area (Å²) in [6.07, 6.45) is 1.47.